The molecule has 0 spiro atoms. The van der Waals surface area contributed by atoms with Gasteiger partial charge in [-0.05, 0) is 116 Å². The Morgan fingerprint density at radius 3 is 2.69 bits per heavy atom. The maximum Gasteiger partial charge on any atom is 0.318 e. The third-order valence-corrected chi connectivity index (χ3v) is 16.8. The Bertz CT molecular complexity index is 3340. The van der Waals surface area contributed by atoms with E-state index in [1.807, 2.05) is 30.0 Å². The van der Waals surface area contributed by atoms with Crippen molar-refractivity contribution in [1.82, 2.24) is 54.2 Å². The lowest BCUT2D eigenvalue weighted by Gasteiger charge is -2.42. The van der Waals surface area contributed by atoms with Gasteiger partial charge in [-0.1, -0.05) is 48.5 Å². The Balaban J connectivity index is 0.792. The molecule has 0 saturated carbocycles. The lowest BCUT2D eigenvalue weighted by atomic mass is 9.94. The van der Waals surface area contributed by atoms with Crippen LogP contribution >= 0.6 is 27.5 Å². The number of nitrogens with one attached hydrogen (secondary N) is 2. The zero-order chi connectivity index (χ0) is 50.6. The third-order valence-electron chi connectivity index (χ3n) is 15.9. The number of imidazole rings is 1. The summed E-state index contributed by atoms with van der Waals surface area (Å²) in [7, 11) is 2.14. The number of fused-ring (bicyclic) bond motifs is 5. The molecule has 4 atom stereocenters. The normalized spacial score (nSPS) is 21.1. The summed E-state index contributed by atoms with van der Waals surface area (Å²) in [6, 6.07) is 21.5. The number of nitrogens with zero attached hydrogens (tertiary/aromatic N) is 14. The van der Waals surface area contributed by atoms with Gasteiger partial charge in [-0.25, -0.2) is 4.98 Å². The van der Waals surface area contributed by atoms with Gasteiger partial charge in [0, 0.05) is 73.6 Å². The molecule has 4 aromatic heterocycles. The predicted molar refractivity (Wildman–Crippen MR) is 291 cm³/mol. The van der Waals surface area contributed by atoms with Gasteiger partial charge in [0.15, 0.2) is 5.65 Å². The molecule has 9 heterocycles. The second kappa shape index (κ2) is 20.3. The number of hydrogen-bond donors (Lipinski definition) is 2. The second-order valence-corrected chi connectivity index (χ2v) is 21.9. The maximum absolute atomic E-state index is 14.8. The van der Waals surface area contributed by atoms with Crippen LogP contribution < -0.4 is 30.1 Å². The number of anilines is 4. The van der Waals surface area contributed by atoms with E-state index in [1.165, 1.54) is 12.8 Å². The number of piperidine rings is 1. The topological polar surface area (TPSA) is 177 Å². The first-order chi connectivity index (χ1) is 36.1. The minimum Gasteiger partial charge on any atom is -0.462 e. The number of aryl methyl sites for hydroxylation is 1. The highest BCUT2D eigenvalue weighted by atomic mass is 79.9. The number of piperazine rings is 1. The van der Waals surface area contributed by atoms with Gasteiger partial charge in [0.1, 0.15) is 18.2 Å². The Kier molecular flexibility index (Phi) is 13.2. The van der Waals surface area contributed by atoms with Crippen LogP contribution in [0, 0.1) is 24.2 Å². The molecule has 0 bridgehead atoms. The number of nitriles is 1. The number of carbonyl (C=O) groups is 1. The summed E-state index contributed by atoms with van der Waals surface area (Å²) in [5, 5.41) is 24.9. The fraction of sp³-hybridized carbons (Fsp3) is 0.444. The van der Waals surface area contributed by atoms with Gasteiger partial charge in [-0.2, -0.15) is 34.8 Å². The highest BCUT2D eigenvalue weighted by molar-refractivity contribution is 9.10. The first-order valence-electron chi connectivity index (χ1n) is 25.9. The summed E-state index contributed by atoms with van der Waals surface area (Å²) in [5.41, 5.74) is 6.88. The van der Waals surface area contributed by atoms with E-state index in [2.05, 4.69) is 112 Å². The number of likely N-dealkylation sites (N-methyl/N-ethyl adjacent to an activating group) is 1. The first kappa shape index (κ1) is 48.4. The van der Waals surface area contributed by atoms with Crippen LogP contribution in [-0.2, 0) is 30.8 Å². The average molecular weight is 1080 g/mol. The fourth-order valence-electron chi connectivity index (χ4n) is 11.9. The molecule has 74 heavy (non-hydrogen) atoms. The largest absolute Gasteiger partial charge is 0.462 e. The molecule has 12 rings (SSSR count). The van der Waals surface area contributed by atoms with Crippen molar-refractivity contribution in [1.29, 1.82) is 5.26 Å². The number of benzene rings is 3. The zero-order valence-corrected chi connectivity index (χ0v) is 44.2. The average Bonchev–Trinajstić information content (AvgIpc) is 4.22. The predicted octanol–water partition coefficient (Wildman–Crippen LogP) is 7.16. The molecule has 5 aliphatic rings. The minimum atomic E-state index is -0.417. The van der Waals surface area contributed by atoms with Crippen molar-refractivity contribution in [2.24, 2.45) is 5.92 Å². The molecule has 5 aliphatic heterocycles. The molecular weight excluding hydrogens is 1020 g/mol. The van der Waals surface area contributed by atoms with Crippen LogP contribution in [0.2, 0.25) is 5.02 Å². The highest BCUT2D eigenvalue weighted by Crippen LogP contribution is 2.38. The number of hydrogen-bond acceptors (Lipinski definition) is 15. The highest BCUT2D eigenvalue weighted by Gasteiger charge is 2.38. The molecule has 4 fully saturated rings. The van der Waals surface area contributed by atoms with Crippen molar-refractivity contribution in [2.45, 2.75) is 83.2 Å². The molecule has 0 aliphatic carbocycles. The van der Waals surface area contributed by atoms with Crippen LogP contribution in [0.1, 0.15) is 54.7 Å². The van der Waals surface area contributed by atoms with Gasteiger partial charge in [0.05, 0.1) is 70.6 Å². The number of ether oxygens (including phenoxy) is 1. The molecule has 382 valence electrons. The van der Waals surface area contributed by atoms with E-state index in [4.69, 9.17) is 41.3 Å². The molecule has 4 saturated heterocycles. The van der Waals surface area contributed by atoms with E-state index >= 15 is 0 Å². The molecule has 0 radical (unpaired) electrons. The lowest BCUT2D eigenvalue weighted by molar-refractivity contribution is -0.129. The number of aromatic nitrogens is 8. The SMILES string of the molecule is C=C(Cn1c(CNc2nc(N3C[C@@H]4CCCN[C@@H]4C3)nc3c(Br)cnn23)nc2cc(C)ccc21)C(=O)N1CCN(c2nc(OC[C@@H]3CCCN3C)nc3c2CCN(c2cccc4cccc(Cl)c24)C3)C[C@@H]1CC#N. The summed E-state index contributed by atoms with van der Waals surface area (Å²) in [6.07, 6.45) is 7.15. The monoisotopic (exact) mass is 1080 g/mol. The number of amides is 1. The van der Waals surface area contributed by atoms with Gasteiger partial charge < -0.3 is 44.4 Å². The van der Waals surface area contributed by atoms with Crippen molar-refractivity contribution in [3.05, 3.63) is 105 Å². The van der Waals surface area contributed by atoms with E-state index in [0.29, 0.717) is 97.7 Å². The number of rotatable bonds is 13. The zero-order valence-electron chi connectivity index (χ0n) is 41.9. The summed E-state index contributed by atoms with van der Waals surface area (Å²) in [5.74, 6) is 3.08. The Morgan fingerprint density at radius 2 is 1.85 bits per heavy atom. The molecule has 20 heteroatoms. The van der Waals surface area contributed by atoms with Gasteiger partial charge in [0.25, 0.3) is 5.91 Å². The fourth-order valence-corrected chi connectivity index (χ4v) is 12.6. The quantitative estimate of drug-likeness (QED) is 0.111. The molecule has 3 aromatic carbocycles. The van der Waals surface area contributed by atoms with Crippen LogP contribution in [0.25, 0.3) is 27.5 Å². The Morgan fingerprint density at radius 1 is 0.973 bits per heavy atom. The van der Waals surface area contributed by atoms with Crippen LogP contribution in [0.15, 0.2) is 77.4 Å². The molecule has 2 N–H and O–H groups in total. The molecular formula is C54H60BrClN16O2. The van der Waals surface area contributed by atoms with Gasteiger partial charge >= 0.3 is 6.01 Å². The Hall–Kier alpha value is -6.59. The second-order valence-electron chi connectivity index (χ2n) is 20.6. The van der Waals surface area contributed by atoms with Crippen molar-refractivity contribution >= 4 is 84.3 Å². The van der Waals surface area contributed by atoms with Crippen molar-refractivity contribution < 1.29 is 9.53 Å². The maximum atomic E-state index is 14.8. The van der Waals surface area contributed by atoms with E-state index in [1.54, 1.807) is 10.7 Å². The van der Waals surface area contributed by atoms with Crippen LogP contribution in [0.4, 0.5) is 23.4 Å². The van der Waals surface area contributed by atoms with E-state index in [9.17, 15) is 10.1 Å². The van der Waals surface area contributed by atoms with Crippen LogP contribution in [0.5, 0.6) is 6.01 Å². The standard InChI is InChI=1S/C54H60BrClN16O2/c1-33-14-15-45-42(24-33)61-47(26-59-52-65-53(63-50-40(55)25-60-72(50)52)69-28-36-10-6-19-58-43(36)30-69)71(45)27-34(2)51(73)70-23-22-68(29-37(70)16-18-57)49-39-17-21-67(46-13-5-9-35-8-4-12-41(56)48(35)46)31-44(39)62-54(64-49)74-32-38-11-7-20-66(38)3/h4-5,8-9,12-15,24-25,36-38,43,58H,2,6-7,10-11,16-17,19-23,26-32H2,1,3H3,(H,59,63,65)/t36-,37-,38-,43+/m0/s1. The minimum absolute atomic E-state index is 0.145. The molecule has 0 unspecified atom stereocenters. The van der Waals surface area contributed by atoms with Gasteiger partial charge in [-0.15, -0.1) is 0 Å². The van der Waals surface area contributed by atoms with Gasteiger partial charge in [0.2, 0.25) is 11.9 Å². The van der Waals surface area contributed by atoms with Crippen LogP contribution in [0.3, 0.4) is 0 Å². The van der Waals surface area contributed by atoms with Crippen molar-refractivity contribution in [2.75, 3.05) is 86.0 Å². The third kappa shape index (κ3) is 9.24. The molecule has 7 aromatic rings. The summed E-state index contributed by atoms with van der Waals surface area (Å²) in [6.45, 7) is 13.9. The first-order valence-corrected chi connectivity index (χ1v) is 27.1. The molecule has 1 amide bonds. The van der Waals surface area contributed by atoms with Gasteiger partial charge in [-0.3, -0.25) is 4.79 Å². The lowest BCUT2D eigenvalue weighted by Crippen LogP contribution is -2.56. The summed E-state index contributed by atoms with van der Waals surface area (Å²) in [4.78, 5) is 51.1. The number of halogens is 2. The van der Waals surface area contributed by atoms with Crippen molar-refractivity contribution in [3.8, 4) is 12.1 Å². The molecule has 18 nitrogen and oxygen atoms in total. The van der Waals surface area contributed by atoms with E-state index in [-0.39, 0.29) is 24.9 Å². The van der Waals surface area contributed by atoms with Crippen molar-refractivity contribution in [3.63, 3.8) is 0 Å². The number of likely N-dealkylation sites (tertiary alicyclic amines) is 1. The summed E-state index contributed by atoms with van der Waals surface area (Å²) >= 11 is 10.5. The smallest absolute Gasteiger partial charge is 0.318 e. The summed E-state index contributed by atoms with van der Waals surface area (Å²) < 4.78 is 11.0. The number of carbonyl (C=O) groups excluding carboxylic acids is 1. The van der Waals surface area contributed by atoms with E-state index < -0.39 is 6.04 Å². The van der Waals surface area contributed by atoms with E-state index in [0.717, 1.165) is 100 Å². The van der Waals surface area contributed by atoms with Crippen LogP contribution in [-0.4, -0.2) is 139 Å². The Labute approximate surface area is 443 Å².